The second-order valence-electron chi connectivity index (χ2n) is 6.92. The topological polar surface area (TPSA) is 79.3 Å². The van der Waals surface area contributed by atoms with E-state index in [1.807, 2.05) is 31.2 Å². The number of aliphatic hydroxyl groups excluding tert-OH is 1. The maximum Gasteiger partial charge on any atom is 0.237 e. The highest BCUT2D eigenvalue weighted by atomic mass is 32.1. The highest BCUT2D eigenvalue weighted by molar-refractivity contribution is 7.80. The smallest absolute Gasteiger partial charge is 0.237 e. The van der Waals surface area contributed by atoms with Gasteiger partial charge in [-0.2, -0.15) is 0 Å². The van der Waals surface area contributed by atoms with Crippen LogP contribution in [0.15, 0.2) is 24.3 Å². The van der Waals surface area contributed by atoms with E-state index in [4.69, 9.17) is 26.4 Å². The quantitative estimate of drug-likeness (QED) is 0.669. The van der Waals surface area contributed by atoms with Crippen molar-refractivity contribution < 1.29 is 19.3 Å². The van der Waals surface area contributed by atoms with Gasteiger partial charge in [0.05, 0.1) is 27.9 Å². The maximum absolute atomic E-state index is 9.53. The molecule has 1 fully saturated rings. The number of anilines is 2. The zero-order chi connectivity index (χ0) is 21.7. The van der Waals surface area contributed by atoms with Crippen LogP contribution in [0.2, 0.25) is 0 Å². The van der Waals surface area contributed by atoms with Gasteiger partial charge in [0.1, 0.15) is 17.2 Å². The summed E-state index contributed by atoms with van der Waals surface area (Å²) in [5.41, 5.74) is 3.17. The minimum Gasteiger partial charge on any atom is -0.497 e. The molecule has 1 aromatic carbocycles. The van der Waals surface area contributed by atoms with Gasteiger partial charge in [-0.25, -0.2) is 4.98 Å². The molecule has 8 nitrogen and oxygen atoms in total. The predicted molar refractivity (Wildman–Crippen MR) is 121 cm³/mol. The first-order chi connectivity index (χ1) is 14.5. The lowest BCUT2D eigenvalue weighted by molar-refractivity contribution is 0.280. The lowest BCUT2D eigenvalue weighted by Crippen LogP contribution is -2.50. The van der Waals surface area contributed by atoms with E-state index < -0.39 is 0 Å². The third kappa shape index (κ3) is 4.85. The van der Waals surface area contributed by atoms with Crippen molar-refractivity contribution in [2.45, 2.75) is 13.5 Å². The average Bonchev–Trinajstić information content (AvgIpc) is 2.79. The van der Waals surface area contributed by atoms with E-state index in [9.17, 15) is 5.11 Å². The monoisotopic (exact) mass is 432 g/mol. The zero-order valence-electron chi connectivity index (χ0n) is 17.8. The first-order valence-electron chi connectivity index (χ1n) is 9.68. The molecule has 1 aromatic heterocycles. The van der Waals surface area contributed by atoms with E-state index in [0.717, 1.165) is 54.6 Å². The van der Waals surface area contributed by atoms with E-state index in [1.165, 1.54) is 0 Å². The standard InChI is InChI=1S/C21H28N4O4S/c1-14-15(13-26)9-19(20(22-14)29-4)23-21(30)25-7-5-24(6-8-25)16-10-17(27-2)12-18(11-16)28-3/h9-12,26H,5-8,13H2,1-4H3,(H,23,30). The molecule has 2 aromatic rings. The molecule has 9 heteroatoms. The number of hydrogen-bond donors (Lipinski definition) is 2. The van der Waals surface area contributed by atoms with Gasteiger partial charge in [0.15, 0.2) is 5.11 Å². The van der Waals surface area contributed by atoms with Crippen molar-refractivity contribution in [3.8, 4) is 17.4 Å². The van der Waals surface area contributed by atoms with E-state index >= 15 is 0 Å². The SMILES string of the molecule is COc1cc(OC)cc(N2CCN(C(=S)Nc3cc(CO)c(C)nc3OC)CC2)c1. The number of aryl methyl sites for hydroxylation is 1. The fourth-order valence-electron chi connectivity index (χ4n) is 3.37. The lowest BCUT2D eigenvalue weighted by Gasteiger charge is -2.37. The molecule has 2 heterocycles. The van der Waals surface area contributed by atoms with E-state index in [2.05, 4.69) is 20.1 Å². The third-order valence-electron chi connectivity index (χ3n) is 5.16. The number of aliphatic hydroxyl groups is 1. The van der Waals surface area contributed by atoms with Gasteiger partial charge in [-0.05, 0) is 25.2 Å². The normalized spacial score (nSPS) is 13.8. The summed E-state index contributed by atoms with van der Waals surface area (Å²) in [5, 5.41) is 13.4. The van der Waals surface area contributed by atoms with Crippen molar-refractivity contribution in [3.63, 3.8) is 0 Å². The van der Waals surface area contributed by atoms with Crippen LogP contribution in [0.1, 0.15) is 11.3 Å². The molecule has 30 heavy (non-hydrogen) atoms. The van der Waals surface area contributed by atoms with Crippen LogP contribution in [0, 0.1) is 6.92 Å². The molecule has 0 radical (unpaired) electrons. The molecule has 0 bridgehead atoms. The summed E-state index contributed by atoms with van der Waals surface area (Å²) in [6.45, 7) is 4.89. The van der Waals surface area contributed by atoms with E-state index in [0.29, 0.717) is 16.7 Å². The minimum absolute atomic E-state index is 0.0903. The number of hydrogen-bond acceptors (Lipinski definition) is 7. The van der Waals surface area contributed by atoms with Gasteiger partial charge in [0, 0.05) is 61.3 Å². The van der Waals surface area contributed by atoms with E-state index in [-0.39, 0.29) is 6.61 Å². The van der Waals surface area contributed by atoms with Crippen LogP contribution in [-0.2, 0) is 6.61 Å². The number of ether oxygens (including phenoxy) is 3. The second kappa shape index (κ2) is 9.82. The number of piperazine rings is 1. The van der Waals surface area contributed by atoms with Gasteiger partial charge in [-0.1, -0.05) is 0 Å². The van der Waals surface area contributed by atoms with Crippen molar-refractivity contribution >= 4 is 28.7 Å². The number of pyridine rings is 1. The van der Waals surface area contributed by atoms with Crippen molar-refractivity contribution in [1.82, 2.24) is 9.88 Å². The zero-order valence-corrected chi connectivity index (χ0v) is 18.6. The molecule has 0 spiro atoms. The van der Waals surface area contributed by atoms with Crippen molar-refractivity contribution in [2.75, 3.05) is 57.7 Å². The molecule has 0 amide bonds. The van der Waals surface area contributed by atoms with Gasteiger partial charge in [-0.15, -0.1) is 0 Å². The Labute approximate surface area is 182 Å². The maximum atomic E-state index is 9.53. The number of nitrogens with zero attached hydrogens (tertiary/aromatic N) is 3. The number of nitrogens with one attached hydrogen (secondary N) is 1. The Morgan fingerprint density at radius 3 is 2.20 bits per heavy atom. The molecule has 0 aliphatic carbocycles. The van der Waals surface area contributed by atoms with Crippen LogP contribution in [-0.4, -0.2) is 67.6 Å². The summed E-state index contributed by atoms with van der Waals surface area (Å²) in [5.74, 6) is 1.99. The molecule has 2 N–H and O–H groups in total. The summed E-state index contributed by atoms with van der Waals surface area (Å²) in [4.78, 5) is 8.78. The van der Waals surface area contributed by atoms with E-state index in [1.54, 1.807) is 21.3 Å². The molecule has 0 atom stereocenters. The Bertz CT molecular complexity index is 879. The van der Waals surface area contributed by atoms with Gasteiger partial charge in [0.2, 0.25) is 5.88 Å². The molecule has 162 valence electrons. The van der Waals surface area contributed by atoms with Crippen LogP contribution in [0.4, 0.5) is 11.4 Å². The lowest BCUT2D eigenvalue weighted by atomic mass is 10.2. The fraction of sp³-hybridized carbons (Fsp3) is 0.429. The third-order valence-corrected chi connectivity index (χ3v) is 5.52. The highest BCUT2D eigenvalue weighted by Gasteiger charge is 2.21. The molecule has 1 saturated heterocycles. The van der Waals surface area contributed by atoms with Gasteiger partial charge in [0.25, 0.3) is 0 Å². The first kappa shape index (κ1) is 21.9. The molecule has 3 rings (SSSR count). The van der Waals surface area contributed by atoms with Gasteiger partial charge >= 0.3 is 0 Å². The summed E-state index contributed by atoms with van der Waals surface area (Å²) >= 11 is 5.62. The van der Waals surface area contributed by atoms with Crippen LogP contribution < -0.4 is 24.4 Å². The molecular formula is C21H28N4O4S. The molecular weight excluding hydrogens is 404 g/mol. The molecule has 1 aliphatic rings. The summed E-state index contributed by atoms with van der Waals surface area (Å²) in [7, 11) is 4.86. The molecule has 0 unspecified atom stereocenters. The summed E-state index contributed by atoms with van der Waals surface area (Å²) in [6, 6.07) is 7.71. The van der Waals surface area contributed by atoms with Crippen LogP contribution in [0.3, 0.4) is 0 Å². The van der Waals surface area contributed by atoms with Crippen LogP contribution in [0.5, 0.6) is 17.4 Å². The number of rotatable bonds is 6. The number of aromatic nitrogens is 1. The minimum atomic E-state index is -0.0903. The second-order valence-corrected chi connectivity index (χ2v) is 7.31. The summed E-state index contributed by atoms with van der Waals surface area (Å²) in [6.07, 6.45) is 0. The number of methoxy groups -OCH3 is 3. The Hall–Kier alpha value is -2.78. The van der Waals surface area contributed by atoms with Gasteiger partial charge in [-0.3, -0.25) is 0 Å². The molecule has 0 saturated carbocycles. The van der Waals surface area contributed by atoms with Crippen LogP contribution >= 0.6 is 12.2 Å². The highest BCUT2D eigenvalue weighted by Crippen LogP contribution is 2.29. The largest absolute Gasteiger partial charge is 0.497 e. The fourth-order valence-corrected chi connectivity index (χ4v) is 3.66. The van der Waals surface area contributed by atoms with Gasteiger partial charge < -0.3 is 34.4 Å². The first-order valence-corrected chi connectivity index (χ1v) is 10.1. The Morgan fingerprint density at radius 1 is 1.03 bits per heavy atom. The van der Waals surface area contributed by atoms with Crippen LogP contribution in [0.25, 0.3) is 0 Å². The van der Waals surface area contributed by atoms with Crippen molar-refractivity contribution in [1.29, 1.82) is 0 Å². The molecule has 1 aliphatic heterocycles. The van der Waals surface area contributed by atoms with Crippen molar-refractivity contribution in [3.05, 3.63) is 35.5 Å². The number of benzene rings is 1. The predicted octanol–water partition coefficient (Wildman–Crippen LogP) is 2.43. The number of thiocarbonyl (C=S) groups is 1. The average molecular weight is 433 g/mol. The Kier molecular flexibility index (Phi) is 7.17. The summed E-state index contributed by atoms with van der Waals surface area (Å²) < 4.78 is 16.1. The Balaban J connectivity index is 1.66. The Morgan fingerprint density at radius 2 is 1.67 bits per heavy atom. The van der Waals surface area contributed by atoms with Crippen molar-refractivity contribution in [2.24, 2.45) is 0 Å².